The van der Waals surface area contributed by atoms with Crippen molar-refractivity contribution in [2.24, 2.45) is 17.6 Å². The predicted molar refractivity (Wildman–Crippen MR) is 99.3 cm³/mol. The second kappa shape index (κ2) is 7.56. The maximum absolute atomic E-state index is 12.6. The average Bonchev–Trinajstić information content (AvgIpc) is 3.40. The zero-order valence-electron chi connectivity index (χ0n) is 15.2. The highest BCUT2D eigenvalue weighted by Crippen LogP contribution is 2.35. The maximum atomic E-state index is 12.6. The molecule has 0 spiro atoms. The molecule has 1 aliphatic carbocycles. The highest BCUT2D eigenvalue weighted by molar-refractivity contribution is 6.01. The van der Waals surface area contributed by atoms with Gasteiger partial charge >= 0.3 is 0 Å². The van der Waals surface area contributed by atoms with Crippen LogP contribution in [0.25, 0.3) is 0 Å². The molecule has 0 radical (unpaired) electrons. The van der Waals surface area contributed by atoms with Gasteiger partial charge in [-0.1, -0.05) is 32.0 Å². The Labute approximate surface area is 150 Å². The van der Waals surface area contributed by atoms with Gasteiger partial charge in [-0.2, -0.15) is 0 Å². The van der Waals surface area contributed by atoms with E-state index in [2.05, 4.69) is 25.2 Å². The van der Waals surface area contributed by atoms with Crippen LogP contribution in [-0.2, 0) is 9.59 Å². The molecule has 3 rings (SSSR count). The quantitative estimate of drug-likeness (QED) is 0.798. The first-order valence-electron chi connectivity index (χ1n) is 9.44. The van der Waals surface area contributed by atoms with Crippen LogP contribution < -0.4 is 16.0 Å². The van der Waals surface area contributed by atoms with E-state index < -0.39 is 0 Å². The molecular formula is C20H29N3O2. The van der Waals surface area contributed by atoms with Gasteiger partial charge in [0.2, 0.25) is 11.8 Å². The minimum Gasteiger partial charge on any atom is -0.352 e. The van der Waals surface area contributed by atoms with Crippen molar-refractivity contribution >= 4 is 17.5 Å². The predicted octanol–water partition coefficient (Wildman–Crippen LogP) is 2.41. The molecular weight excluding hydrogens is 314 g/mol. The molecule has 1 saturated carbocycles. The first-order chi connectivity index (χ1) is 12.0. The molecule has 25 heavy (non-hydrogen) atoms. The third kappa shape index (κ3) is 3.87. The summed E-state index contributed by atoms with van der Waals surface area (Å²) in [6, 6.07) is 8.11. The molecule has 0 bridgehead atoms. The summed E-state index contributed by atoms with van der Waals surface area (Å²) < 4.78 is 0. The minimum absolute atomic E-state index is 0.0285. The molecule has 0 aromatic heterocycles. The molecule has 3 atom stereocenters. The van der Waals surface area contributed by atoms with E-state index in [1.54, 1.807) is 4.90 Å². The molecule has 5 heteroatoms. The number of nitrogens with one attached hydrogen (secondary N) is 1. The number of carbonyl (C=O) groups excluding carboxylic acids is 2. The lowest BCUT2D eigenvalue weighted by Gasteiger charge is -2.23. The van der Waals surface area contributed by atoms with Crippen molar-refractivity contribution in [3.8, 4) is 0 Å². The van der Waals surface area contributed by atoms with E-state index in [9.17, 15) is 9.59 Å². The van der Waals surface area contributed by atoms with Gasteiger partial charge in [0.15, 0.2) is 0 Å². The van der Waals surface area contributed by atoms with Crippen molar-refractivity contribution in [3.63, 3.8) is 0 Å². The van der Waals surface area contributed by atoms with Crippen molar-refractivity contribution in [1.29, 1.82) is 0 Å². The van der Waals surface area contributed by atoms with E-state index in [0.29, 0.717) is 24.9 Å². The second-order valence-corrected chi connectivity index (χ2v) is 7.46. The normalized spacial score (nSPS) is 22.8. The van der Waals surface area contributed by atoms with Crippen molar-refractivity contribution in [2.75, 3.05) is 18.0 Å². The van der Waals surface area contributed by atoms with Crippen molar-refractivity contribution < 1.29 is 9.59 Å². The molecule has 2 aliphatic rings. The lowest BCUT2D eigenvalue weighted by molar-refractivity contribution is -0.127. The third-order valence-corrected chi connectivity index (χ3v) is 5.64. The number of nitrogens with zero attached hydrogens (tertiary/aromatic N) is 1. The van der Waals surface area contributed by atoms with Crippen LogP contribution in [0.15, 0.2) is 24.3 Å². The Balaban J connectivity index is 1.71. The molecule has 1 aromatic rings. The van der Waals surface area contributed by atoms with Crippen LogP contribution in [0.1, 0.15) is 51.0 Å². The van der Waals surface area contributed by atoms with Crippen LogP contribution in [0, 0.1) is 11.8 Å². The molecule has 136 valence electrons. The van der Waals surface area contributed by atoms with Crippen LogP contribution in [0.5, 0.6) is 0 Å². The smallest absolute Gasteiger partial charge is 0.227 e. The Bertz CT molecular complexity index is 642. The molecule has 1 aliphatic heterocycles. The Morgan fingerprint density at radius 3 is 2.72 bits per heavy atom. The monoisotopic (exact) mass is 343 g/mol. The van der Waals surface area contributed by atoms with Crippen LogP contribution in [-0.4, -0.2) is 30.9 Å². The summed E-state index contributed by atoms with van der Waals surface area (Å²) in [7, 11) is 0. The van der Waals surface area contributed by atoms with E-state index in [0.717, 1.165) is 24.9 Å². The van der Waals surface area contributed by atoms with Crippen LogP contribution in [0.4, 0.5) is 5.69 Å². The fourth-order valence-corrected chi connectivity index (χ4v) is 3.65. The zero-order valence-corrected chi connectivity index (χ0v) is 15.2. The number of hydrogen-bond acceptors (Lipinski definition) is 3. The second-order valence-electron chi connectivity index (χ2n) is 7.46. The molecule has 1 saturated heterocycles. The van der Waals surface area contributed by atoms with E-state index in [4.69, 9.17) is 5.73 Å². The first-order valence-corrected chi connectivity index (χ1v) is 9.44. The Morgan fingerprint density at radius 1 is 1.36 bits per heavy atom. The standard InChI is InChI=1S/C20H29N3O2/c1-3-13(2)16-6-4-5-7-18(16)23-12-15(10-19(23)24)20(25)22-17(11-21)14-8-9-14/h4-7,13-15,17H,3,8-12,21H2,1-2H3,(H,22,25). The van der Waals surface area contributed by atoms with Crippen LogP contribution in [0.2, 0.25) is 0 Å². The number of benzene rings is 1. The molecule has 5 nitrogen and oxygen atoms in total. The topological polar surface area (TPSA) is 75.4 Å². The fraction of sp³-hybridized carbons (Fsp3) is 0.600. The summed E-state index contributed by atoms with van der Waals surface area (Å²) in [5, 5.41) is 3.07. The molecule has 1 aromatic carbocycles. The van der Waals surface area contributed by atoms with Gasteiger partial charge in [-0.3, -0.25) is 9.59 Å². The summed E-state index contributed by atoms with van der Waals surface area (Å²) in [4.78, 5) is 27.0. The molecule has 1 heterocycles. The number of carbonyl (C=O) groups is 2. The molecule has 3 unspecified atom stereocenters. The lowest BCUT2D eigenvalue weighted by Crippen LogP contribution is -2.45. The number of rotatable bonds is 7. The van der Waals surface area contributed by atoms with Crippen molar-refractivity contribution in [2.45, 2.75) is 51.5 Å². The van der Waals surface area contributed by atoms with Gasteiger partial charge in [-0.05, 0) is 42.7 Å². The minimum atomic E-state index is -0.287. The Kier molecular flexibility index (Phi) is 5.42. The van der Waals surface area contributed by atoms with Crippen LogP contribution >= 0.6 is 0 Å². The van der Waals surface area contributed by atoms with E-state index in [-0.39, 0.29) is 30.2 Å². The van der Waals surface area contributed by atoms with Gasteiger partial charge in [0, 0.05) is 31.2 Å². The SMILES string of the molecule is CCC(C)c1ccccc1N1CC(C(=O)NC(CN)C2CC2)CC1=O. The molecule has 3 N–H and O–H groups in total. The summed E-state index contributed by atoms with van der Waals surface area (Å²) >= 11 is 0. The highest BCUT2D eigenvalue weighted by atomic mass is 16.2. The van der Waals surface area contributed by atoms with E-state index >= 15 is 0 Å². The van der Waals surface area contributed by atoms with Gasteiger partial charge < -0.3 is 16.0 Å². The van der Waals surface area contributed by atoms with Crippen molar-refractivity contribution in [1.82, 2.24) is 5.32 Å². The number of nitrogens with two attached hydrogens (primary N) is 1. The van der Waals surface area contributed by atoms with E-state index in [1.807, 2.05) is 18.2 Å². The van der Waals surface area contributed by atoms with Gasteiger partial charge in [0.25, 0.3) is 0 Å². The van der Waals surface area contributed by atoms with Crippen molar-refractivity contribution in [3.05, 3.63) is 29.8 Å². The number of para-hydroxylation sites is 1. The first kappa shape index (κ1) is 17.9. The zero-order chi connectivity index (χ0) is 18.0. The third-order valence-electron chi connectivity index (χ3n) is 5.64. The summed E-state index contributed by atoms with van der Waals surface area (Å²) in [5.41, 5.74) is 7.91. The van der Waals surface area contributed by atoms with Gasteiger partial charge in [-0.15, -0.1) is 0 Å². The Hall–Kier alpha value is -1.88. The van der Waals surface area contributed by atoms with E-state index in [1.165, 1.54) is 5.56 Å². The summed E-state index contributed by atoms with van der Waals surface area (Å²) in [6.45, 7) is 5.25. The number of amides is 2. The van der Waals surface area contributed by atoms with Crippen LogP contribution in [0.3, 0.4) is 0 Å². The van der Waals surface area contributed by atoms with Gasteiger partial charge in [-0.25, -0.2) is 0 Å². The Morgan fingerprint density at radius 2 is 2.08 bits per heavy atom. The number of hydrogen-bond donors (Lipinski definition) is 2. The summed E-state index contributed by atoms with van der Waals surface area (Å²) in [5.74, 6) is 0.623. The maximum Gasteiger partial charge on any atom is 0.227 e. The lowest BCUT2D eigenvalue weighted by atomic mass is 9.96. The average molecular weight is 343 g/mol. The highest BCUT2D eigenvalue weighted by Gasteiger charge is 2.38. The summed E-state index contributed by atoms with van der Waals surface area (Å²) in [6.07, 6.45) is 3.57. The van der Waals surface area contributed by atoms with Gasteiger partial charge in [0.05, 0.1) is 5.92 Å². The number of anilines is 1. The van der Waals surface area contributed by atoms with Gasteiger partial charge in [0.1, 0.15) is 0 Å². The molecule has 2 fully saturated rings. The fourth-order valence-electron chi connectivity index (χ4n) is 3.65. The molecule has 2 amide bonds. The largest absolute Gasteiger partial charge is 0.352 e.